The number of amides is 2. The van der Waals surface area contributed by atoms with Crippen molar-refractivity contribution in [3.05, 3.63) is 17.0 Å². The summed E-state index contributed by atoms with van der Waals surface area (Å²) in [5, 5.41) is 19.8. The molecule has 0 aliphatic carbocycles. The third kappa shape index (κ3) is 5.23. The van der Waals surface area contributed by atoms with Gasteiger partial charge in [-0.1, -0.05) is 39.8 Å². The monoisotopic (exact) mass is 325 g/mol. The summed E-state index contributed by atoms with van der Waals surface area (Å²) in [7, 11) is 0. The zero-order chi connectivity index (χ0) is 17.8. The number of carbonyl (C=O) groups excluding carboxylic acids is 1. The van der Waals surface area contributed by atoms with E-state index in [2.05, 4.69) is 15.8 Å². The van der Waals surface area contributed by atoms with Gasteiger partial charge < -0.3 is 20.3 Å². The molecule has 0 saturated carbocycles. The van der Waals surface area contributed by atoms with Crippen LogP contribution < -0.4 is 10.6 Å². The first-order valence-electron chi connectivity index (χ1n) is 8.18. The number of nitrogens with zero attached hydrogens (tertiary/aromatic N) is 1. The summed E-state index contributed by atoms with van der Waals surface area (Å²) in [4.78, 5) is 12.0. The summed E-state index contributed by atoms with van der Waals surface area (Å²) in [6, 6.07) is -0.229. The van der Waals surface area contributed by atoms with Gasteiger partial charge in [-0.3, -0.25) is 0 Å². The first-order valence-corrected chi connectivity index (χ1v) is 8.18. The van der Waals surface area contributed by atoms with Crippen molar-refractivity contribution in [3.8, 4) is 0 Å². The molecule has 2 unspecified atom stereocenters. The molecule has 0 aliphatic heterocycles. The lowest BCUT2D eigenvalue weighted by molar-refractivity contribution is 0.0151. The van der Waals surface area contributed by atoms with Crippen LogP contribution >= 0.6 is 0 Å². The molecule has 1 aromatic rings. The van der Waals surface area contributed by atoms with E-state index < -0.39 is 6.10 Å². The van der Waals surface area contributed by atoms with Crippen molar-refractivity contribution in [2.45, 2.75) is 60.5 Å². The van der Waals surface area contributed by atoms with Crippen LogP contribution in [0.3, 0.4) is 0 Å². The van der Waals surface area contributed by atoms with Crippen LogP contribution in [0.1, 0.15) is 57.6 Å². The third-order valence-electron chi connectivity index (χ3n) is 4.29. The molecule has 0 bridgehead atoms. The van der Waals surface area contributed by atoms with Gasteiger partial charge in [-0.25, -0.2) is 4.79 Å². The Labute approximate surface area is 139 Å². The minimum atomic E-state index is -0.468. The molecule has 2 amide bonds. The van der Waals surface area contributed by atoms with Gasteiger partial charge in [0.15, 0.2) is 0 Å². The average molecular weight is 325 g/mol. The van der Waals surface area contributed by atoms with E-state index in [0.717, 1.165) is 17.0 Å². The van der Waals surface area contributed by atoms with Crippen molar-refractivity contribution in [3.63, 3.8) is 0 Å². The number of aliphatic hydroxyl groups is 1. The number of carbonyl (C=O) groups is 1. The fourth-order valence-corrected chi connectivity index (χ4v) is 2.92. The quantitative estimate of drug-likeness (QED) is 0.719. The lowest BCUT2D eigenvalue weighted by Gasteiger charge is -2.33. The largest absolute Gasteiger partial charge is 0.392 e. The molecule has 0 radical (unpaired) electrons. The molecule has 1 heterocycles. The molecule has 132 valence electrons. The Hall–Kier alpha value is -1.56. The van der Waals surface area contributed by atoms with Crippen LogP contribution in [-0.2, 0) is 0 Å². The Bertz CT molecular complexity index is 504. The summed E-state index contributed by atoms with van der Waals surface area (Å²) in [6.07, 6.45) is -0.468. The van der Waals surface area contributed by atoms with Crippen LogP contribution in [0.4, 0.5) is 4.79 Å². The molecule has 6 heteroatoms. The number of rotatable bonds is 7. The molecular formula is C17H31N3O3. The zero-order valence-electron chi connectivity index (χ0n) is 15.4. The number of aromatic nitrogens is 1. The van der Waals surface area contributed by atoms with Gasteiger partial charge in [0, 0.05) is 30.0 Å². The maximum Gasteiger partial charge on any atom is 0.314 e. The van der Waals surface area contributed by atoms with E-state index in [1.165, 1.54) is 0 Å². The van der Waals surface area contributed by atoms with E-state index >= 15 is 0 Å². The number of hydrogen-bond acceptors (Lipinski definition) is 4. The number of hydrogen-bond donors (Lipinski definition) is 3. The fourth-order valence-electron chi connectivity index (χ4n) is 2.92. The number of aryl methyl sites for hydroxylation is 2. The molecule has 0 saturated heterocycles. The van der Waals surface area contributed by atoms with Crippen LogP contribution in [0.25, 0.3) is 0 Å². The normalized spacial score (nSPS) is 14.7. The topological polar surface area (TPSA) is 87.4 Å². The lowest BCUT2D eigenvalue weighted by Crippen LogP contribution is -2.47. The Morgan fingerprint density at radius 2 is 1.87 bits per heavy atom. The Balaban J connectivity index is 2.46. The van der Waals surface area contributed by atoms with Crippen LogP contribution in [0, 0.1) is 25.2 Å². The fraction of sp³-hybridized carbons (Fsp3) is 0.765. The lowest BCUT2D eigenvalue weighted by atomic mass is 9.81. The summed E-state index contributed by atoms with van der Waals surface area (Å²) >= 11 is 0. The SMILES string of the molecule is Cc1noc(C)c1C(C)CNC(=O)NCC(C)(C)C(O)C(C)C. The number of aliphatic hydroxyl groups excluding tert-OH is 1. The summed E-state index contributed by atoms with van der Waals surface area (Å²) in [5.41, 5.74) is 1.53. The highest BCUT2D eigenvalue weighted by Gasteiger charge is 2.30. The molecule has 6 nitrogen and oxygen atoms in total. The highest BCUT2D eigenvalue weighted by atomic mass is 16.5. The highest BCUT2D eigenvalue weighted by Crippen LogP contribution is 2.25. The van der Waals surface area contributed by atoms with Gasteiger partial charge in [-0.15, -0.1) is 0 Å². The first-order chi connectivity index (χ1) is 10.6. The van der Waals surface area contributed by atoms with Crippen molar-refractivity contribution in [1.29, 1.82) is 0 Å². The van der Waals surface area contributed by atoms with Crippen molar-refractivity contribution < 1.29 is 14.4 Å². The predicted octanol–water partition coefficient (Wildman–Crippen LogP) is 2.74. The second kappa shape index (κ2) is 7.81. The van der Waals surface area contributed by atoms with Gasteiger partial charge in [0.2, 0.25) is 0 Å². The number of urea groups is 1. The third-order valence-corrected chi connectivity index (χ3v) is 4.29. The van der Waals surface area contributed by atoms with Gasteiger partial charge in [0.05, 0.1) is 11.8 Å². The second-order valence-corrected chi connectivity index (χ2v) is 7.38. The maximum atomic E-state index is 12.0. The van der Waals surface area contributed by atoms with E-state index in [1.54, 1.807) is 0 Å². The van der Waals surface area contributed by atoms with Crippen molar-refractivity contribution in [2.24, 2.45) is 11.3 Å². The summed E-state index contributed by atoms with van der Waals surface area (Å²) in [5.74, 6) is 1.06. The molecule has 3 N–H and O–H groups in total. The molecule has 0 aliphatic rings. The van der Waals surface area contributed by atoms with Crippen molar-refractivity contribution >= 4 is 6.03 Å². The molecule has 0 fully saturated rings. The number of nitrogens with one attached hydrogen (secondary N) is 2. The van der Waals surface area contributed by atoms with Crippen LogP contribution in [0.5, 0.6) is 0 Å². The molecule has 23 heavy (non-hydrogen) atoms. The van der Waals surface area contributed by atoms with Gasteiger partial charge in [0.25, 0.3) is 0 Å². The first kappa shape index (κ1) is 19.5. The van der Waals surface area contributed by atoms with Gasteiger partial charge >= 0.3 is 6.03 Å². The zero-order valence-corrected chi connectivity index (χ0v) is 15.4. The van der Waals surface area contributed by atoms with Gasteiger partial charge in [-0.2, -0.15) is 0 Å². The Kier molecular flexibility index (Phi) is 6.62. The van der Waals surface area contributed by atoms with Gasteiger partial charge in [0.1, 0.15) is 5.76 Å². The van der Waals surface area contributed by atoms with E-state index in [4.69, 9.17) is 4.52 Å². The van der Waals surface area contributed by atoms with E-state index in [-0.39, 0.29) is 23.3 Å². The standard InChI is InChI=1S/C17H31N3O3/c1-10(2)15(21)17(6,7)9-19-16(22)18-8-11(3)14-12(4)20-23-13(14)5/h10-11,15,21H,8-9H2,1-7H3,(H2,18,19,22). The van der Waals surface area contributed by atoms with E-state index in [0.29, 0.717) is 13.1 Å². The van der Waals surface area contributed by atoms with Crippen molar-refractivity contribution in [1.82, 2.24) is 15.8 Å². The highest BCUT2D eigenvalue weighted by molar-refractivity contribution is 5.73. The molecule has 1 aromatic heterocycles. The molecule has 0 aromatic carbocycles. The Morgan fingerprint density at radius 3 is 2.35 bits per heavy atom. The minimum Gasteiger partial charge on any atom is -0.392 e. The van der Waals surface area contributed by atoms with Gasteiger partial charge in [-0.05, 0) is 19.8 Å². The average Bonchev–Trinajstić information content (AvgIpc) is 2.80. The molecule has 0 spiro atoms. The molecule has 2 atom stereocenters. The summed E-state index contributed by atoms with van der Waals surface area (Å²) < 4.78 is 5.16. The Morgan fingerprint density at radius 1 is 1.26 bits per heavy atom. The molecule has 1 rings (SSSR count). The predicted molar refractivity (Wildman–Crippen MR) is 90.4 cm³/mol. The van der Waals surface area contributed by atoms with Crippen LogP contribution in [0.15, 0.2) is 4.52 Å². The minimum absolute atomic E-state index is 0.126. The maximum absolute atomic E-state index is 12.0. The molecular weight excluding hydrogens is 294 g/mol. The van der Waals surface area contributed by atoms with Crippen LogP contribution in [0.2, 0.25) is 0 Å². The van der Waals surface area contributed by atoms with E-state index in [9.17, 15) is 9.90 Å². The van der Waals surface area contributed by atoms with E-state index in [1.807, 2.05) is 48.5 Å². The van der Waals surface area contributed by atoms with Crippen molar-refractivity contribution in [2.75, 3.05) is 13.1 Å². The summed E-state index contributed by atoms with van der Waals surface area (Å²) in [6.45, 7) is 14.6. The van der Waals surface area contributed by atoms with Crippen LogP contribution in [-0.4, -0.2) is 35.5 Å². The second-order valence-electron chi connectivity index (χ2n) is 7.38. The smallest absolute Gasteiger partial charge is 0.314 e.